The molecule has 1 aliphatic heterocycles. The van der Waals surface area contributed by atoms with Crippen molar-refractivity contribution in [1.29, 1.82) is 0 Å². The molecule has 0 spiro atoms. The number of rotatable bonds is 7. The van der Waals surface area contributed by atoms with Crippen LogP contribution in [0.15, 0.2) is 66.2 Å². The molecule has 1 aromatic heterocycles. The van der Waals surface area contributed by atoms with Gasteiger partial charge in [0, 0.05) is 28.9 Å². The van der Waals surface area contributed by atoms with Gasteiger partial charge in [0.2, 0.25) is 0 Å². The van der Waals surface area contributed by atoms with Crippen LogP contribution in [0.2, 0.25) is 0 Å². The zero-order valence-corrected chi connectivity index (χ0v) is 20.0. The number of pyridine rings is 1. The molecule has 0 bridgehead atoms. The van der Waals surface area contributed by atoms with Gasteiger partial charge < -0.3 is 14.7 Å². The molecule has 1 aliphatic carbocycles. The number of carbonyl (C=O) groups is 1. The molecule has 0 saturated heterocycles. The molecule has 1 saturated carbocycles. The van der Waals surface area contributed by atoms with Crippen molar-refractivity contribution in [1.82, 2.24) is 4.98 Å². The quantitative estimate of drug-likeness (QED) is 0.405. The molecule has 0 radical (unpaired) electrons. The highest BCUT2D eigenvalue weighted by Gasteiger charge is 2.30. The number of benzene rings is 2. The Morgan fingerprint density at radius 3 is 2.63 bits per heavy atom. The number of carboxylic acids is 1. The molecule has 2 heterocycles. The van der Waals surface area contributed by atoms with E-state index in [9.17, 15) is 14.3 Å². The smallest absolute Gasteiger partial charge is 0.344 e. The fourth-order valence-electron chi connectivity index (χ4n) is 4.54. The lowest BCUT2D eigenvalue weighted by Gasteiger charge is -2.22. The number of aryl methyl sites for hydroxylation is 1. The monoisotopic (exact) mass is 470 g/mol. The first-order valence-electron chi connectivity index (χ1n) is 11.8. The number of aromatic nitrogens is 1. The number of anilines is 1. The molecular formula is C29H27FN2O3. The van der Waals surface area contributed by atoms with Crippen LogP contribution in [0.4, 0.5) is 10.1 Å². The van der Waals surface area contributed by atoms with Gasteiger partial charge in [0.05, 0.1) is 5.70 Å². The minimum atomic E-state index is -1.08. The molecule has 5 rings (SSSR count). The van der Waals surface area contributed by atoms with Crippen LogP contribution in [0.25, 0.3) is 10.9 Å². The van der Waals surface area contributed by atoms with Crippen molar-refractivity contribution >= 4 is 22.6 Å². The van der Waals surface area contributed by atoms with Crippen LogP contribution in [0.5, 0.6) is 5.75 Å². The summed E-state index contributed by atoms with van der Waals surface area (Å²) >= 11 is 0. The highest BCUT2D eigenvalue weighted by Crippen LogP contribution is 2.44. The molecule has 2 aromatic carbocycles. The van der Waals surface area contributed by atoms with Gasteiger partial charge in [0.1, 0.15) is 17.1 Å². The van der Waals surface area contributed by atoms with E-state index in [4.69, 9.17) is 9.72 Å². The summed E-state index contributed by atoms with van der Waals surface area (Å²) in [6, 6.07) is 11.2. The van der Waals surface area contributed by atoms with Crippen molar-refractivity contribution < 1.29 is 19.0 Å². The van der Waals surface area contributed by atoms with E-state index in [0.717, 1.165) is 46.6 Å². The summed E-state index contributed by atoms with van der Waals surface area (Å²) in [6.45, 7) is 5.44. The molecule has 6 heteroatoms. The third-order valence-electron chi connectivity index (χ3n) is 6.66. The predicted octanol–water partition coefficient (Wildman–Crippen LogP) is 6.40. The van der Waals surface area contributed by atoms with Gasteiger partial charge in [0.15, 0.2) is 6.10 Å². The van der Waals surface area contributed by atoms with Gasteiger partial charge in [-0.1, -0.05) is 17.9 Å². The van der Waals surface area contributed by atoms with Crippen molar-refractivity contribution in [3.63, 3.8) is 0 Å². The van der Waals surface area contributed by atoms with Gasteiger partial charge in [-0.2, -0.15) is 0 Å². The number of aliphatic carboxylic acids is 1. The van der Waals surface area contributed by atoms with E-state index >= 15 is 0 Å². The molecule has 35 heavy (non-hydrogen) atoms. The summed E-state index contributed by atoms with van der Waals surface area (Å²) in [5.41, 5.74) is 9.53. The van der Waals surface area contributed by atoms with E-state index in [1.54, 1.807) is 0 Å². The molecule has 1 atom stereocenters. The Bertz CT molecular complexity index is 1410. The second-order valence-corrected chi connectivity index (χ2v) is 9.19. The van der Waals surface area contributed by atoms with Crippen molar-refractivity contribution in [3.05, 3.63) is 94.4 Å². The van der Waals surface area contributed by atoms with Gasteiger partial charge in [-0.15, -0.1) is 0 Å². The number of halogens is 1. The van der Waals surface area contributed by atoms with Crippen LogP contribution >= 0.6 is 0 Å². The molecule has 1 fully saturated rings. The summed E-state index contributed by atoms with van der Waals surface area (Å²) in [5, 5.41) is 9.86. The van der Waals surface area contributed by atoms with E-state index in [2.05, 4.69) is 34.9 Å². The number of hydrogen-bond acceptors (Lipinski definition) is 4. The van der Waals surface area contributed by atoms with Crippen LogP contribution in [-0.2, 0) is 11.2 Å². The molecule has 1 N–H and O–H groups in total. The topological polar surface area (TPSA) is 62.7 Å². The van der Waals surface area contributed by atoms with Crippen molar-refractivity contribution in [3.8, 4) is 5.75 Å². The van der Waals surface area contributed by atoms with Crippen LogP contribution in [0, 0.1) is 12.7 Å². The maximum atomic E-state index is 14.9. The molecule has 5 nitrogen and oxygen atoms in total. The van der Waals surface area contributed by atoms with Crippen molar-refractivity contribution in [2.75, 3.05) is 4.90 Å². The zero-order valence-electron chi connectivity index (χ0n) is 20.0. The Labute approximate surface area is 203 Å². The van der Waals surface area contributed by atoms with Gasteiger partial charge in [-0.3, -0.25) is 0 Å². The Kier molecular flexibility index (Phi) is 5.91. The third-order valence-corrected chi connectivity index (χ3v) is 6.66. The molecule has 2 aliphatic rings. The summed E-state index contributed by atoms with van der Waals surface area (Å²) in [6.07, 6.45) is 7.53. The van der Waals surface area contributed by atoms with E-state index < -0.39 is 17.9 Å². The largest absolute Gasteiger partial charge is 0.479 e. The Morgan fingerprint density at radius 2 is 1.97 bits per heavy atom. The second kappa shape index (κ2) is 9.05. The lowest BCUT2D eigenvalue weighted by molar-refractivity contribution is -0.144. The molecule has 3 aromatic rings. The minimum absolute atomic E-state index is 0.241. The fourth-order valence-corrected chi connectivity index (χ4v) is 4.54. The highest BCUT2D eigenvalue weighted by molar-refractivity contribution is 5.90. The number of carboxylic acid groups (broad SMARTS) is 1. The van der Waals surface area contributed by atoms with Crippen LogP contribution in [-0.4, -0.2) is 22.2 Å². The first kappa shape index (κ1) is 22.9. The zero-order chi connectivity index (χ0) is 24.7. The molecule has 0 amide bonds. The normalized spacial score (nSPS) is 15.9. The minimum Gasteiger partial charge on any atom is -0.479 e. The highest BCUT2D eigenvalue weighted by atomic mass is 19.1. The lowest BCUT2D eigenvalue weighted by atomic mass is 9.93. The van der Waals surface area contributed by atoms with E-state index in [1.165, 1.54) is 19.1 Å². The molecular weight excluding hydrogens is 443 g/mol. The van der Waals surface area contributed by atoms with Gasteiger partial charge in [-0.25, -0.2) is 14.2 Å². The average molecular weight is 471 g/mol. The summed E-state index contributed by atoms with van der Waals surface area (Å²) in [4.78, 5) is 18.2. The van der Waals surface area contributed by atoms with Gasteiger partial charge >= 0.3 is 5.97 Å². The fraction of sp³-hybridized carbons (Fsp3) is 0.276. The van der Waals surface area contributed by atoms with Crippen LogP contribution in [0.3, 0.4) is 0 Å². The van der Waals surface area contributed by atoms with Crippen LogP contribution in [0.1, 0.15) is 55.0 Å². The Hall–Kier alpha value is -3.89. The summed E-state index contributed by atoms with van der Waals surface area (Å²) < 4.78 is 20.6. The number of nitrogens with zero attached hydrogens (tertiary/aromatic N) is 2. The lowest BCUT2D eigenvalue weighted by Crippen LogP contribution is -2.23. The van der Waals surface area contributed by atoms with Gasteiger partial charge in [-0.05, 0) is 93.1 Å². The van der Waals surface area contributed by atoms with Crippen LogP contribution < -0.4 is 9.64 Å². The standard InChI is InChI=1S/C29H27FN2O3/c1-17-6-4-5-15-32(17)22-11-7-20(8-12-22)16-23-18(2)26-25(35-19(3)29(33)34)14-13-24(30)28(26)31-27(23)21-9-10-21/h4-5,7-8,11-15,19,21H,9-10,16H2,1-3H3,(H,33,34)/t19-/m0/s1. The Balaban J connectivity index is 1.56. The Morgan fingerprint density at radius 1 is 1.23 bits per heavy atom. The SMILES string of the molecule is CC1=C=CC=CN1c1ccc(Cc2c(C3CC3)nc3c(F)ccc(O[C@@H](C)C(=O)O)c3c2C)cc1. The van der Waals surface area contributed by atoms with E-state index in [-0.39, 0.29) is 5.52 Å². The molecule has 0 unspecified atom stereocenters. The maximum Gasteiger partial charge on any atom is 0.344 e. The number of fused-ring (bicyclic) bond motifs is 1. The predicted molar refractivity (Wildman–Crippen MR) is 134 cm³/mol. The third kappa shape index (κ3) is 4.45. The van der Waals surface area contributed by atoms with Gasteiger partial charge in [0.25, 0.3) is 0 Å². The summed E-state index contributed by atoms with van der Waals surface area (Å²) in [5.74, 6) is -0.838. The van der Waals surface area contributed by atoms with Crippen molar-refractivity contribution in [2.45, 2.75) is 52.1 Å². The second-order valence-electron chi connectivity index (χ2n) is 9.19. The maximum absolute atomic E-state index is 14.9. The first-order chi connectivity index (χ1) is 16.8. The first-order valence-corrected chi connectivity index (χ1v) is 11.8. The molecule has 178 valence electrons. The van der Waals surface area contributed by atoms with Crippen molar-refractivity contribution in [2.24, 2.45) is 0 Å². The number of allylic oxidation sites excluding steroid dienone is 2. The number of ether oxygens (including phenoxy) is 1. The average Bonchev–Trinajstić information content (AvgIpc) is 3.68. The summed E-state index contributed by atoms with van der Waals surface area (Å²) in [7, 11) is 0. The van der Waals surface area contributed by atoms with E-state index in [0.29, 0.717) is 23.5 Å². The van der Waals surface area contributed by atoms with E-state index in [1.807, 2.05) is 32.2 Å². The number of hydrogen-bond donors (Lipinski definition) is 1.